The van der Waals surface area contributed by atoms with Crippen molar-refractivity contribution in [3.63, 3.8) is 0 Å². The van der Waals surface area contributed by atoms with Crippen molar-refractivity contribution in [2.75, 3.05) is 0 Å². The van der Waals surface area contributed by atoms with Crippen LogP contribution in [0, 0.1) is 6.92 Å². The fourth-order valence-corrected chi connectivity index (χ4v) is 2.03. The minimum absolute atomic E-state index is 0.494. The Morgan fingerprint density at radius 1 is 1.33 bits per heavy atom. The van der Waals surface area contributed by atoms with Crippen LogP contribution in [-0.2, 0) is 14.3 Å². The first-order valence-corrected chi connectivity index (χ1v) is 5.48. The number of aromatic nitrogens is 1. The van der Waals surface area contributed by atoms with Crippen molar-refractivity contribution in [2.45, 2.75) is 20.0 Å². The molecule has 0 spiro atoms. The highest BCUT2D eigenvalue weighted by atomic mass is 16.6. The molecular formula is C13H13NO4. The predicted molar refractivity (Wildman–Crippen MR) is 65.2 cm³/mol. The molecule has 1 heterocycles. The van der Waals surface area contributed by atoms with Crippen LogP contribution in [0.1, 0.15) is 24.3 Å². The zero-order valence-corrected chi connectivity index (χ0v) is 10.1. The largest absolute Gasteiger partial charge is 0.478 e. The smallest absolute Gasteiger partial charge is 0.349 e. The van der Waals surface area contributed by atoms with Crippen molar-refractivity contribution < 1.29 is 19.4 Å². The topological polar surface area (TPSA) is 79.4 Å². The molecule has 94 valence electrons. The summed E-state index contributed by atoms with van der Waals surface area (Å²) in [6.07, 6.45) is -1.28. The number of H-pyrrole nitrogens is 1. The van der Waals surface area contributed by atoms with E-state index in [4.69, 9.17) is 4.74 Å². The summed E-state index contributed by atoms with van der Waals surface area (Å²) < 4.78 is 4.89. The lowest BCUT2D eigenvalue weighted by atomic mass is 10.1. The summed E-state index contributed by atoms with van der Waals surface area (Å²) in [5, 5.41) is 9.94. The molecule has 5 nitrogen and oxygen atoms in total. The maximum Gasteiger partial charge on any atom is 0.349 e. The van der Waals surface area contributed by atoms with Gasteiger partial charge in [0, 0.05) is 29.1 Å². The molecule has 2 rings (SSSR count). The second-order valence-corrected chi connectivity index (χ2v) is 4.04. The summed E-state index contributed by atoms with van der Waals surface area (Å²) in [6, 6.07) is 7.31. The van der Waals surface area contributed by atoms with E-state index in [0.717, 1.165) is 10.9 Å². The quantitative estimate of drug-likeness (QED) is 0.814. The first kappa shape index (κ1) is 12.2. The van der Waals surface area contributed by atoms with E-state index in [0.29, 0.717) is 11.3 Å². The van der Waals surface area contributed by atoms with Gasteiger partial charge >= 0.3 is 11.9 Å². The molecule has 0 fully saturated rings. The Kier molecular flexibility index (Phi) is 3.06. The van der Waals surface area contributed by atoms with Gasteiger partial charge in [-0.1, -0.05) is 18.2 Å². The van der Waals surface area contributed by atoms with Crippen LogP contribution in [0.3, 0.4) is 0 Å². The standard InChI is InChI=1S/C13H13NO4/c1-7-11(12(13(16)17)18-8(2)15)9-5-3-4-6-10(9)14-7/h3-6,12,14H,1-2H3,(H,16,17). The SMILES string of the molecule is CC(=O)OC(C(=O)O)c1c(C)[nH]c2ccccc12. The van der Waals surface area contributed by atoms with Gasteiger partial charge < -0.3 is 14.8 Å². The first-order valence-electron chi connectivity index (χ1n) is 5.48. The third-order valence-electron chi connectivity index (χ3n) is 2.71. The van der Waals surface area contributed by atoms with Gasteiger partial charge in [-0.2, -0.15) is 0 Å². The average Bonchev–Trinajstić information content (AvgIpc) is 2.61. The summed E-state index contributed by atoms with van der Waals surface area (Å²) in [6.45, 7) is 2.95. The number of hydrogen-bond donors (Lipinski definition) is 2. The summed E-state index contributed by atoms with van der Waals surface area (Å²) in [5.41, 5.74) is 2.00. The highest BCUT2D eigenvalue weighted by Crippen LogP contribution is 2.30. The fourth-order valence-electron chi connectivity index (χ4n) is 2.03. The number of carbonyl (C=O) groups is 2. The first-order chi connectivity index (χ1) is 8.50. The molecule has 0 bridgehead atoms. The number of ether oxygens (including phenoxy) is 1. The average molecular weight is 247 g/mol. The van der Waals surface area contributed by atoms with Crippen LogP contribution in [0.4, 0.5) is 0 Å². The van der Waals surface area contributed by atoms with Crippen molar-refractivity contribution in [3.8, 4) is 0 Å². The van der Waals surface area contributed by atoms with E-state index in [9.17, 15) is 14.7 Å². The molecule has 5 heteroatoms. The van der Waals surface area contributed by atoms with E-state index in [-0.39, 0.29) is 0 Å². The molecule has 0 radical (unpaired) electrons. The van der Waals surface area contributed by atoms with Gasteiger partial charge in [0.15, 0.2) is 0 Å². The monoisotopic (exact) mass is 247 g/mol. The summed E-state index contributed by atoms with van der Waals surface area (Å²) in [4.78, 5) is 25.3. The van der Waals surface area contributed by atoms with Gasteiger partial charge in [-0.15, -0.1) is 0 Å². The molecular weight excluding hydrogens is 234 g/mol. The summed E-state index contributed by atoms with van der Waals surface area (Å²) in [7, 11) is 0. The molecule has 1 atom stereocenters. The number of rotatable bonds is 3. The summed E-state index contributed by atoms with van der Waals surface area (Å²) >= 11 is 0. The fraction of sp³-hybridized carbons (Fsp3) is 0.231. The number of carboxylic acid groups (broad SMARTS) is 1. The van der Waals surface area contributed by atoms with Crippen LogP contribution in [0.25, 0.3) is 10.9 Å². The molecule has 18 heavy (non-hydrogen) atoms. The van der Waals surface area contributed by atoms with E-state index in [2.05, 4.69) is 4.98 Å². The molecule has 0 aliphatic carbocycles. The van der Waals surface area contributed by atoms with Crippen molar-refractivity contribution in [2.24, 2.45) is 0 Å². The van der Waals surface area contributed by atoms with Gasteiger partial charge in [-0.25, -0.2) is 4.79 Å². The number of aliphatic carboxylic acids is 1. The third-order valence-corrected chi connectivity index (χ3v) is 2.71. The number of hydrogen-bond acceptors (Lipinski definition) is 3. The van der Waals surface area contributed by atoms with Gasteiger partial charge in [0.1, 0.15) is 0 Å². The minimum atomic E-state index is -1.28. The van der Waals surface area contributed by atoms with E-state index < -0.39 is 18.0 Å². The Morgan fingerprint density at radius 3 is 2.61 bits per heavy atom. The molecule has 1 aromatic heterocycles. The van der Waals surface area contributed by atoms with E-state index in [1.807, 2.05) is 18.2 Å². The van der Waals surface area contributed by atoms with Crippen molar-refractivity contribution in [3.05, 3.63) is 35.5 Å². The second-order valence-electron chi connectivity index (χ2n) is 4.04. The maximum absolute atomic E-state index is 11.2. The molecule has 1 aromatic carbocycles. The van der Waals surface area contributed by atoms with E-state index >= 15 is 0 Å². The Balaban J connectivity index is 2.59. The van der Waals surface area contributed by atoms with Crippen LogP contribution >= 0.6 is 0 Å². The second kappa shape index (κ2) is 4.52. The number of fused-ring (bicyclic) bond motifs is 1. The Labute approximate surface area is 103 Å². The number of para-hydroxylation sites is 1. The zero-order valence-electron chi connectivity index (χ0n) is 10.1. The Morgan fingerprint density at radius 2 is 2.00 bits per heavy atom. The van der Waals surface area contributed by atoms with Crippen LogP contribution in [0.15, 0.2) is 24.3 Å². The molecule has 0 saturated heterocycles. The van der Waals surface area contributed by atoms with Crippen LogP contribution < -0.4 is 0 Å². The van der Waals surface area contributed by atoms with Gasteiger partial charge in [-0.3, -0.25) is 4.79 Å². The number of esters is 1. The lowest BCUT2D eigenvalue weighted by Gasteiger charge is -2.13. The molecule has 0 aliphatic heterocycles. The number of benzene rings is 1. The zero-order chi connectivity index (χ0) is 13.3. The number of aromatic amines is 1. The Hall–Kier alpha value is -2.30. The normalized spacial score (nSPS) is 12.3. The van der Waals surface area contributed by atoms with Crippen LogP contribution in [-0.4, -0.2) is 22.0 Å². The number of carbonyl (C=O) groups excluding carboxylic acids is 1. The highest BCUT2D eigenvalue weighted by Gasteiger charge is 2.28. The van der Waals surface area contributed by atoms with Crippen LogP contribution in [0.5, 0.6) is 0 Å². The molecule has 1 unspecified atom stereocenters. The predicted octanol–water partition coefficient (Wildman–Crippen LogP) is 2.17. The van der Waals surface area contributed by atoms with Gasteiger partial charge in [0.2, 0.25) is 6.10 Å². The maximum atomic E-state index is 11.2. The molecule has 0 aliphatic rings. The third kappa shape index (κ3) is 2.07. The highest BCUT2D eigenvalue weighted by molar-refractivity contribution is 5.90. The summed E-state index contributed by atoms with van der Waals surface area (Å²) in [5.74, 6) is -1.80. The van der Waals surface area contributed by atoms with Crippen LogP contribution in [0.2, 0.25) is 0 Å². The van der Waals surface area contributed by atoms with Crippen molar-refractivity contribution in [1.29, 1.82) is 0 Å². The van der Waals surface area contributed by atoms with Crippen molar-refractivity contribution in [1.82, 2.24) is 4.98 Å². The minimum Gasteiger partial charge on any atom is -0.478 e. The van der Waals surface area contributed by atoms with E-state index in [1.165, 1.54) is 6.92 Å². The lowest BCUT2D eigenvalue weighted by Crippen LogP contribution is -2.18. The molecule has 2 N–H and O–H groups in total. The van der Waals surface area contributed by atoms with Crippen molar-refractivity contribution >= 4 is 22.8 Å². The van der Waals surface area contributed by atoms with Gasteiger partial charge in [0.05, 0.1) is 0 Å². The molecule has 2 aromatic rings. The van der Waals surface area contributed by atoms with Gasteiger partial charge in [-0.05, 0) is 13.0 Å². The molecule has 0 amide bonds. The van der Waals surface area contributed by atoms with E-state index in [1.54, 1.807) is 13.0 Å². The number of nitrogens with one attached hydrogen (secondary N) is 1. The Bertz CT molecular complexity index is 614. The number of carboxylic acids is 1. The lowest BCUT2D eigenvalue weighted by molar-refractivity contribution is -0.163. The molecule has 0 saturated carbocycles. The van der Waals surface area contributed by atoms with Gasteiger partial charge in [0.25, 0.3) is 0 Å². The number of aryl methyl sites for hydroxylation is 1.